The Morgan fingerprint density at radius 2 is 2.15 bits per heavy atom. The second-order valence-electron chi connectivity index (χ2n) is 6.08. The highest BCUT2D eigenvalue weighted by atomic mass is 16.6. The second kappa shape index (κ2) is 7.19. The van der Waals surface area contributed by atoms with Crippen LogP contribution < -0.4 is 5.32 Å². The van der Waals surface area contributed by atoms with Crippen LogP contribution in [0.4, 0.5) is 0 Å². The molecule has 2 heterocycles. The van der Waals surface area contributed by atoms with Crippen LogP contribution in [-0.2, 0) is 30.3 Å². The Balaban J connectivity index is 1.83. The first-order chi connectivity index (χ1) is 12.9. The summed E-state index contributed by atoms with van der Waals surface area (Å²) in [6, 6.07) is 10.8. The molecule has 9 heteroatoms. The van der Waals surface area contributed by atoms with Crippen LogP contribution in [0.5, 0.6) is 0 Å². The molecule has 1 aromatic rings. The molecule has 0 unspecified atom stereocenters. The number of carbonyl (C=O) groups is 3. The number of rotatable bonds is 6. The van der Waals surface area contributed by atoms with Crippen molar-refractivity contribution in [1.82, 2.24) is 10.2 Å². The van der Waals surface area contributed by atoms with E-state index in [1.54, 1.807) is 24.3 Å². The molecule has 0 bridgehead atoms. The Kier molecular flexibility index (Phi) is 4.94. The molecule has 3 rings (SSSR count). The summed E-state index contributed by atoms with van der Waals surface area (Å²) in [6.45, 7) is -0.149. The number of aliphatic carboxylic acids is 1. The maximum absolute atomic E-state index is 12.7. The molecule has 0 aliphatic carbocycles. The number of benzene rings is 1. The second-order valence-corrected chi connectivity index (χ2v) is 6.08. The lowest BCUT2D eigenvalue weighted by atomic mass is 9.93. The van der Waals surface area contributed by atoms with Gasteiger partial charge in [0.25, 0.3) is 11.6 Å². The van der Waals surface area contributed by atoms with Gasteiger partial charge in [-0.05, 0) is 5.56 Å². The van der Waals surface area contributed by atoms with Crippen LogP contribution in [0, 0.1) is 11.3 Å². The van der Waals surface area contributed by atoms with Crippen LogP contribution in [0.15, 0.2) is 41.6 Å². The largest absolute Gasteiger partial charge is 0.477 e. The Morgan fingerprint density at radius 1 is 1.44 bits per heavy atom. The van der Waals surface area contributed by atoms with Gasteiger partial charge >= 0.3 is 5.97 Å². The fourth-order valence-electron chi connectivity index (χ4n) is 3.21. The number of ether oxygens (including phenoxy) is 2. The Bertz CT molecular complexity index is 860. The minimum absolute atomic E-state index is 0.0211. The third-order valence-electron chi connectivity index (χ3n) is 4.46. The first-order valence-corrected chi connectivity index (χ1v) is 8.12. The van der Waals surface area contributed by atoms with Crippen molar-refractivity contribution in [2.75, 3.05) is 13.7 Å². The fourth-order valence-corrected chi connectivity index (χ4v) is 3.21. The van der Waals surface area contributed by atoms with Crippen LogP contribution in [0.1, 0.15) is 12.0 Å². The van der Waals surface area contributed by atoms with E-state index in [1.807, 2.05) is 12.1 Å². The molecule has 9 nitrogen and oxygen atoms in total. The molecule has 0 spiro atoms. The molecule has 0 radical (unpaired) electrons. The van der Waals surface area contributed by atoms with Crippen molar-refractivity contribution >= 4 is 17.8 Å². The number of hydrogen-bond donors (Lipinski definition) is 2. The first kappa shape index (κ1) is 18.6. The van der Waals surface area contributed by atoms with E-state index in [4.69, 9.17) is 14.7 Å². The van der Waals surface area contributed by atoms with Gasteiger partial charge in [-0.3, -0.25) is 14.5 Å². The highest BCUT2D eigenvalue weighted by Gasteiger charge is 2.67. The number of methoxy groups -OCH3 is 1. The summed E-state index contributed by atoms with van der Waals surface area (Å²) in [5, 5.41) is 20.8. The smallest absolute Gasteiger partial charge is 0.352 e. The molecule has 2 N–H and O–H groups in total. The summed E-state index contributed by atoms with van der Waals surface area (Å²) in [7, 11) is 1.23. The number of amides is 2. The van der Waals surface area contributed by atoms with E-state index in [-0.39, 0.29) is 30.7 Å². The SMILES string of the molecule is CO[C@@]1(NC(=O)Cc2ccccc2)C(=O)N2C(C(=O)O)=C(CC#N)CO[C@@H]21. The molecule has 2 amide bonds. The van der Waals surface area contributed by atoms with Gasteiger partial charge in [-0.15, -0.1) is 0 Å². The maximum Gasteiger partial charge on any atom is 0.352 e. The third kappa shape index (κ3) is 3.05. The Morgan fingerprint density at radius 3 is 2.74 bits per heavy atom. The van der Waals surface area contributed by atoms with Gasteiger partial charge in [0.15, 0.2) is 6.23 Å². The number of hydrogen-bond acceptors (Lipinski definition) is 6. The maximum atomic E-state index is 12.7. The van der Waals surface area contributed by atoms with Gasteiger partial charge in [0.2, 0.25) is 5.91 Å². The quantitative estimate of drug-likeness (QED) is 0.537. The topological polar surface area (TPSA) is 129 Å². The van der Waals surface area contributed by atoms with E-state index >= 15 is 0 Å². The summed E-state index contributed by atoms with van der Waals surface area (Å²) >= 11 is 0. The third-order valence-corrected chi connectivity index (χ3v) is 4.46. The van der Waals surface area contributed by atoms with Crippen LogP contribution >= 0.6 is 0 Å². The van der Waals surface area contributed by atoms with Gasteiger partial charge in [0, 0.05) is 12.7 Å². The molecule has 2 atom stereocenters. The van der Waals surface area contributed by atoms with Crippen molar-refractivity contribution in [3.8, 4) is 6.07 Å². The molecule has 1 aromatic carbocycles. The van der Waals surface area contributed by atoms with E-state index in [0.717, 1.165) is 10.5 Å². The number of fused-ring (bicyclic) bond motifs is 1. The van der Waals surface area contributed by atoms with Crippen LogP contribution in [0.25, 0.3) is 0 Å². The normalized spacial score (nSPS) is 23.9. The molecule has 0 aromatic heterocycles. The van der Waals surface area contributed by atoms with Crippen molar-refractivity contribution in [3.05, 3.63) is 47.2 Å². The van der Waals surface area contributed by atoms with E-state index in [2.05, 4.69) is 5.32 Å². The predicted octanol–water partition coefficient (Wildman–Crippen LogP) is 0.139. The van der Waals surface area contributed by atoms with Gasteiger partial charge in [0.05, 0.1) is 25.5 Å². The Hall–Kier alpha value is -3.22. The number of nitrogens with one attached hydrogen (secondary N) is 1. The molecule has 1 fully saturated rings. The van der Waals surface area contributed by atoms with Crippen molar-refractivity contribution in [2.45, 2.75) is 24.8 Å². The summed E-state index contributed by atoms with van der Waals surface area (Å²) in [5.74, 6) is -2.57. The highest BCUT2D eigenvalue weighted by Crippen LogP contribution is 2.40. The zero-order chi connectivity index (χ0) is 19.6. The average molecular weight is 371 g/mol. The molecule has 27 heavy (non-hydrogen) atoms. The number of nitrogens with zero attached hydrogens (tertiary/aromatic N) is 2. The Labute approximate surface area is 154 Å². The van der Waals surface area contributed by atoms with Gasteiger partial charge in [0.1, 0.15) is 5.70 Å². The standard InChI is InChI=1S/C18H17N3O6/c1-26-18(20-13(22)9-11-5-3-2-4-6-11)16(25)21-14(15(23)24)12(7-8-19)10-27-17(18)21/h2-6,17H,7,9-10H2,1H3,(H,20,22)(H,23,24)/t17-,18+/m1/s1. The monoisotopic (exact) mass is 371 g/mol. The van der Waals surface area contributed by atoms with E-state index in [0.29, 0.717) is 0 Å². The zero-order valence-corrected chi connectivity index (χ0v) is 14.5. The number of carbonyl (C=O) groups excluding carboxylic acids is 2. The lowest BCUT2D eigenvalue weighted by Gasteiger charge is -2.55. The first-order valence-electron chi connectivity index (χ1n) is 8.12. The van der Waals surface area contributed by atoms with E-state index in [1.165, 1.54) is 7.11 Å². The summed E-state index contributed by atoms with van der Waals surface area (Å²) in [6.07, 6.45) is -1.28. The van der Waals surface area contributed by atoms with E-state index < -0.39 is 29.7 Å². The van der Waals surface area contributed by atoms with Crippen LogP contribution in [0.2, 0.25) is 0 Å². The van der Waals surface area contributed by atoms with Gasteiger partial charge < -0.3 is 19.9 Å². The van der Waals surface area contributed by atoms with Crippen molar-refractivity contribution in [2.24, 2.45) is 0 Å². The molecule has 2 aliphatic rings. The van der Waals surface area contributed by atoms with Crippen LogP contribution in [0.3, 0.4) is 0 Å². The molecule has 2 aliphatic heterocycles. The molecular formula is C18H17N3O6. The number of carboxylic acids is 1. The molecule has 1 saturated heterocycles. The van der Waals surface area contributed by atoms with Gasteiger partial charge in [-0.25, -0.2) is 4.79 Å². The van der Waals surface area contributed by atoms with E-state index in [9.17, 15) is 19.5 Å². The number of β-lactam (4-membered cyclic amide) rings is 1. The summed E-state index contributed by atoms with van der Waals surface area (Å²) < 4.78 is 10.8. The zero-order valence-electron chi connectivity index (χ0n) is 14.5. The van der Waals surface area contributed by atoms with Gasteiger partial charge in [-0.2, -0.15) is 5.26 Å². The lowest BCUT2D eigenvalue weighted by molar-refractivity contribution is -0.258. The lowest BCUT2D eigenvalue weighted by Crippen LogP contribution is -2.82. The predicted molar refractivity (Wildman–Crippen MR) is 89.5 cm³/mol. The molecule has 0 saturated carbocycles. The van der Waals surface area contributed by atoms with Crippen molar-refractivity contribution in [3.63, 3.8) is 0 Å². The summed E-state index contributed by atoms with van der Waals surface area (Å²) in [4.78, 5) is 37.6. The van der Waals surface area contributed by atoms with Crippen molar-refractivity contribution in [1.29, 1.82) is 5.26 Å². The van der Waals surface area contributed by atoms with Crippen molar-refractivity contribution < 1.29 is 29.0 Å². The van der Waals surface area contributed by atoms with Crippen LogP contribution in [-0.4, -0.2) is 53.5 Å². The minimum Gasteiger partial charge on any atom is -0.477 e. The van der Waals surface area contributed by atoms with Gasteiger partial charge in [-0.1, -0.05) is 30.3 Å². The minimum atomic E-state index is -1.80. The molecular weight excluding hydrogens is 354 g/mol. The molecule has 140 valence electrons. The highest BCUT2D eigenvalue weighted by molar-refractivity contribution is 6.03. The number of nitriles is 1. The average Bonchev–Trinajstić information content (AvgIpc) is 2.66. The summed E-state index contributed by atoms with van der Waals surface area (Å²) in [5.41, 5.74) is -1.17. The fraction of sp³-hybridized carbons (Fsp3) is 0.333. The number of carboxylic acid groups (broad SMARTS) is 1.